The van der Waals surface area contributed by atoms with Crippen LogP contribution in [0, 0.1) is 5.92 Å². The summed E-state index contributed by atoms with van der Waals surface area (Å²) in [4.78, 5) is 22.8. The van der Waals surface area contributed by atoms with E-state index < -0.39 is 6.10 Å². The van der Waals surface area contributed by atoms with Crippen LogP contribution in [0.1, 0.15) is 32.6 Å². The van der Waals surface area contributed by atoms with E-state index in [1.165, 1.54) is 0 Å². The SMILES string of the molecule is CC(O)CNC(=O)CNC(=O)C1CCCC1. The molecule has 0 aromatic carbocycles. The summed E-state index contributed by atoms with van der Waals surface area (Å²) in [5.41, 5.74) is 0. The predicted octanol–water partition coefficient (Wildman–Crippen LogP) is -0.210. The second-order valence-electron chi connectivity index (χ2n) is 4.35. The zero-order valence-corrected chi connectivity index (χ0v) is 9.66. The molecule has 5 heteroatoms. The van der Waals surface area contributed by atoms with Crippen molar-refractivity contribution in [2.24, 2.45) is 5.92 Å². The van der Waals surface area contributed by atoms with Crippen LogP contribution in [0.5, 0.6) is 0 Å². The summed E-state index contributed by atoms with van der Waals surface area (Å²) < 4.78 is 0. The minimum atomic E-state index is -0.561. The lowest BCUT2D eigenvalue weighted by Gasteiger charge is -2.11. The van der Waals surface area contributed by atoms with Gasteiger partial charge in [0.05, 0.1) is 12.6 Å². The number of aliphatic hydroxyl groups excluding tert-OH is 1. The van der Waals surface area contributed by atoms with E-state index in [1.807, 2.05) is 0 Å². The molecule has 0 aromatic heterocycles. The molecule has 5 nitrogen and oxygen atoms in total. The quantitative estimate of drug-likeness (QED) is 0.609. The van der Waals surface area contributed by atoms with Crippen molar-refractivity contribution >= 4 is 11.8 Å². The van der Waals surface area contributed by atoms with Gasteiger partial charge in [0.15, 0.2) is 0 Å². The van der Waals surface area contributed by atoms with E-state index in [9.17, 15) is 9.59 Å². The third-order valence-electron chi connectivity index (χ3n) is 2.74. The van der Waals surface area contributed by atoms with Gasteiger partial charge in [0.2, 0.25) is 11.8 Å². The Morgan fingerprint density at radius 1 is 1.31 bits per heavy atom. The number of nitrogens with one attached hydrogen (secondary N) is 2. The largest absolute Gasteiger partial charge is 0.392 e. The van der Waals surface area contributed by atoms with Gasteiger partial charge in [0.25, 0.3) is 0 Å². The van der Waals surface area contributed by atoms with Crippen molar-refractivity contribution < 1.29 is 14.7 Å². The van der Waals surface area contributed by atoms with Gasteiger partial charge in [-0.15, -0.1) is 0 Å². The van der Waals surface area contributed by atoms with Gasteiger partial charge in [-0.3, -0.25) is 9.59 Å². The van der Waals surface area contributed by atoms with E-state index in [0.29, 0.717) is 0 Å². The molecule has 1 fully saturated rings. The van der Waals surface area contributed by atoms with Crippen LogP contribution in [0.4, 0.5) is 0 Å². The highest BCUT2D eigenvalue weighted by molar-refractivity contribution is 5.85. The molecule has 2 amide bonds. The fourth-order valence-electron chi connectivity index (χ4n) is 1.82. The first-order valence-electron chi connectivity index (χ1n) is 5.82. The van der Waals surface area contributed by atoms with E-state index in [2.05, 4.69) is 10.6 Å². The van der Waals surface area contributed by atoms with E-state index in [-0.39, 0.29) is 30.8 Å². The number of hydrogen-bond acceptors (Lipinski definition) is 3. The summed E-state index contributed by atoms with van der Waals surface area (Å²) in [6.45, 7) is 1.82. The third kappa shape index (κ3) is 4.61. The van der Waals surface area contributed by atoms with Gasteiger partial charge in [-0.05, 0) is 19.8 Å². The molecule has 0 aliphatic heterocycles. The van der Waals surface area contributed by atoms with Crippen molar-refractivity contribution in [2.45, 2.75) is 38.7 Å². The lowest BCUT2D eigenvalue weighted by molar-refractivity contribution is -0.128. The maximum absolute atomic E-state index is 11.5. The van der Waals surface area contributed by atoms with Gasteiger partial charge in [-0.25, -0.2) is 0 Å². The van der Waals surface area contributed by atoms with Crippen LogP contribution in [-0.2, 0) is 9.59 Å². The number of amides is 2. The number of carbonyl (C=O) groups is 2. The molecule has 0 heterocycles. The van der Waals surface area contributed by atoms with Crippen molar-refractivity contribution in [2.75, 3.05) is 13.1 Å². The Labute approximate surface area is 95.6 Å². The molecule has 1 saturated carbocycles. The molecular weight excluding hydrogens is 208 g/mol. The van der Waals surface area contributed by atoms with Crippen molar-refractivity contribution in [1.29, 1.82) is 0 Å². The molecule has 0 saturated heterocycles. The summed E-state index contributed by atoms with van der Waals surface area (Å²) in [5, 5.41) is 14.1. The van der Waals surface area contributed by atoms with Crippen LogP contribution in [0.15, 0.2) is 0 Å². The highest BCUT2D eigenvalue weighted by atomic mass is 16.3. The summed E-state index contributed by atoms with van der Waals surface area (Å²) in [6, 6.07) is 0. The highest BCUT2D eigenvalue weighted by Crippen LogP contribution is 2.24. The topological polar surface area (TPSA) is 78.4 Å². The van der Waals surface area contributed by atoms with Gasteiger partial charge < -0.3 is 15.7 Å². The molecule has 1 aliphatic carbocycles. The molecule has 0 radical (unpaired) electrons. The summed E-state index contributed by atoms with van der Waals surface area (Å²) in [6.07, 6.45) is 3.51. The summed E-state index contributed by atoms with van der Waals surface area (Å²) in [5.74, 6) is -0.193. The molecule has 1 atom stereocenters. The first-order valence-corrected chi connectivity index (χ1v) is 5.82. The smallest absolute Gasteiger partial charge is 0.239 e. The van der Waals surface area contributed by atoms with Gasteiger partial charge in [0, 0.05) is 12.5 Å². The molecule has 0 bridgehead atoms. The minimum Gasteiger partial charge on any atom is -0.392 e. The van der Waals surface area contributed by atoms with Crippen molar-refractivity contribution in [3.63, 3.8) is 0 Å². The van der Waals surface area contributed by atoms with E-state index in [1.54, 1.807) is 6.92 Å². The fourth-order valence-corrected chi connectivity index (χ4v) is 1.82. The molecule has 3 N–H and O–H groups in total. The average Bonchev–Trinajstić information content (AvgIpc) is 2.76. The lowest BCUT2D eigenvalue weighted by Crippen LogP contribution is -2.41. The fraction of sp³-hybridized carbons (Fsp3) is 0.818. The van der Waals surface area contributed by atoms with E-state index in [4.69, 9.17) is 5.11 Å². The molecule has 1 unspecified atom stereocenters. The highest BCUT2D eigenvalue weighted by Gasteiger charge is 2.22. The summed E-state index contributed by atoms with van der Waals surface area (Å²) in [7, 11) is 0. The third-order valence-corrected chi connectivity index (χ3v) is 2.74. The first-order chi connectivity index (χ1) is 7.59. The second-order valence-corrected chi connectivity index (χ2v) is 4.35. The Morgan fingerprint density at radius 2 is 1.94 bits per heavy atom. The Bertz CT molecular complexity index is 248. The predicted molar refractivity (Wildman–Crippen MR) is 59.7 cm³/mol. The monoisotopic (exact) mass is 228 g/mol. The summed E-state index contributed by atoms with van der Waals surface area (Å²) >= 11 is 0. The van der Waals surface area contributed by atoms with Gasteiger partial charge in [-0.2, -0.15) is 0 Å². The first kappa shape index (κ1) is 13.0. The molecule has 1 aliphatic rings. The van der Waals surface area contributed by atoms with E-state index in [0.717, 1.165) is 25.7 Å². The van der Waals surface area contributed by atoms with Crippen LogP contribution >= 0.6 is 0 Å². The van der Waals surface area contributed by atoms with Crippen molar-refractivity contribution in [1.82, 2.24) is 10.6 Å². The van der Waals surface area contributed by atoms with Gasteiger partial charge in [-0.1, -0.05) is 12.8 Å². The van der Waals surface area contributed by atoms with Gasteiger partial charge in [0.1, 0.15) is 0 Å². The number of carbonyl (C=O) groups excluding carboxylic acids is 2. The van der Waals surface area contributed by atoms with Crippen LogP contribution in [-0.4, -0.2) is 36.1 Å². The molecule has 0 aromatic rings. The zero-order chi connectivity index (χ0) is 12.0. The van der Waals surface area contributed by atoms with Gasteiger partial charge >= 0.3 is 0 Å². The number of rotatable bonds is 5. The zero-order valence-electron chi connectivity index (χ0n) is 9.66. The molecule has 1 rings (SSSR count). The maximum Gasteiger partial charge on any atom is 0.239 e. The van der Waals surface area contributed by atoms with Crippen molar-refractivity contribution in [3.8, 4) is 0 Å². The Morgan fingerprint density at radius 3 is 2.50 bits per heavy atom. The van der Waals surface area contributed by atoms with Crippen LogP contribution in [0.25, 0.3) is 0 Å². The van der Waals surface area contributed by atoms with Crippen LogP contribution < -0.4 is 10.6 Å². The maximum atomic E-state index is 11.5. The molecule has 0 spiro atoms. The molecule has 16 heavy (non-hydrogen) atoms. The Kier molecular flexibility index (Phi) is 5.25. The normalized spacial score (nSPS) is 18.1. The standard InChI is InChI=1S/C11H20N2O3/c1-8(14)6-12-10(15)7-13-11(16)9-4-2-3-5-9/h8-9,14H,2-7H2,1H3,(H,12,15)(H,13,16). The van der Waals surface area contributed by atoms with E-state index >= 15 is 0 Å². The van der Waals surface area contributed by atoms with Crippen LogP contribution in [0.2, 0.25) is 0 Å². The molecular formula is C11H20N2O3. The number of hydrogen-bond donors (Lipinski definition) is 3. The Hall–Kier alpha value is -1.10. The second kappa shape index (κ2) is 6.48. The number of aliphatic hydroxyl groups is 1. The Balaban J connectivity index is 2.13. The average molecular weight is 228 g/mol. The van der Waals surface area contributed by atoms with Crippen molar-refractivity contribution in [3.05, 3.63) is 0 Å². The molecule has 92 valence electrons. The minimum absolute atomic E-state index is 0.00204. The van der Waals surface area contributed by atoms with Crippen LogP contribution in [0.3, 0.4) is 0 Å². The lowest BCUT2D eigenvalue weighted by atomic mass is 10.1.